The van der Waals surface area contributed by atoms with Crippen molar-refractivity contribution in [1.29, 1.82) is 10.5 Å². The monoisotopic (exact) mass is 772 g/mol. The highest BCUT2D eigenvalue weighted by Gasteiger charge is 2.37. The standard InChI is InChI=1S/C54H40N6/c1-36-28-29-54(2,58-35-36)60(48-25-21-42(32-44(48)34-56)38-13-7-4-8-14-38)50-27-19-40-16-22-45-49(26-18-39-17-23-46(50)53(40)52(39)45)59(51-15-9-10-30-57-51)47-24-20-41(31-43(47)33-55)37-11-5-3-6-12-37/h3-27,30-32,35-36H,28-29H2,1-2H3. The van der Waals surface area contributed by atoms with Crippen LogP contribution >= 0.6 is 0 Å². The van der Waals surface area contributed by atoms with E-state index in [1.54, 1.807) is 6.20 Å². The molecule has 10 rings (SSSR count). The Hall–Kier alpha value is -7.80. The summed E-state index contributed by atoms with van der Waals surface area (Å²) in [6.07, 6.45) is 5.68. The molecule has 286 valence electrons. The van der Waals surface area contributed by atoms with Crippen LogP contribution in [0.3, 0.4) is 0 Å². The van der Waals surface area contributed by atoms with Gasteiger partial charge in [-0.15, -0.1) is 0 Å². The Morgan fingerprint density at radius 1 is 0.567 bits per heavy atom. The zero-order chi connectivity index (χ0) is 40.8. The van der Waals surface area contributed by atoms with E-state index in [0.29, 0.717) is 22.9 Å². The minimum Gasteiger partial charge on any atom is -0.315 e. The molecule has 2 unspecified atom stereocenters. The Balaban J connectivity index is 1.20. The van der Waals surface area contributed by atoms with E-state index >= 15 is 0 Å². The molecule has 8 aromatic carbocycles. The average molecular weight is 773 g/mol. The van der Waals surface area contributed by atoms with Crippen LogP contribution < -0.4 is 9.80 Å². The average Bonchev–Trinajstić information content (AvgIpc) is 3.31. The van der Waals surface area contributed by atoms with Gasteiger partial charge in [0.15, 0.2) is 0 Å². The van der Waals surface area contributed by atoms with Gasteiger partial charge in [0.2, 0.25) is 0 Å². The van der Waals surface area contributed by atoms with Crippen molar-refractivity contribution in [3.8, 4) is 34.4 Å². The van der Waals surface area contributed by atoms with Crippen LogP contribution in [0.2, 0.25) is 0 Å². The zero-order valence-corrected chi connectivity index (χ0v) is 33.4. The number of benzene rings is 8. The molecule has 2 atom stereocenters. The van der Waals surface area contributed by atoms with Crippen molar-refractivity contribution in [1.82, 2.24) is 4.98 Å². The van der Waals surface area contributed by atoms with Crippen LogP contribution in [0, 0.1) is 28.6 Å². The Labute approximate surface area is 349 Å². The van der Waals surface area contributed by atoms with Crippen LogP contribution in [0.15, 0.2) is 175 Å². The van der Waals surface area contributed by atoms with E-state index in [2.05, 4.69) is 133 Å². The van der Waals surface area contributed by atoms with Crippen LogP contribution in [0.4, 0.5) is 28.6 Å². The minimum atomic E-state index is -0.643. The molecule has 60 heavy (non-hydrogen) atoms. The second kappa shape index (κ2) is 14.9. The van der Waals surface area contributed by atoms with E-state index in [1.165, 1.54) is 0 Å². The van der Waals surface area contributed by atoms with Gasteiger partial charge in [-0.25, -0.2) is 4.98 Å². The Kier molecular flexibility index (Phi) is 9.04. The van der Waals surface area contributed by atoms with Gasteiger partial charge in [0.05, 0.1) is 33.9 Å². The number of anilines is 5. The van der Waals surface area contributed by atoms with Gasteiger partial charge in [-0.3, -0.25) is 9.89 Å². The third-order valence-corrected chi connectivity index (χ3v) is 12.1. The summed E-state index contributed by atoms with van der Waals surface area (Å²) in [6.45, 7) is 4.40. The Bertz CT molecular complexity index is 3160. The lowest BCUT2D eigenvalue weighted by Gasteiger charge is -2.43. The first-order chi connectivity index (χ1) is 29.4. The summed E-state index contributed by atoms with van der Waals surface area (Å²) >= 11 is 0. The van der Waals surface area contributed by atoms with Gasteiger partial charge in [-0.1, -0.05) is 122 Å². The van der Waals surface area contributed by atoms with Crippen molar-refractivity contribution in [2.75, 3.05) is 9.80 Å². The first-order valence-corrected chi connectivity index (χ1v) is 20.4. The molecular weight excluding hydrogens is 733 g/mol. The lowest BCUT2D eigenvalue weighted by molar-refractivity contribution is 0.392. The number of nitrogens with zero attached hydrogens (tertiary/aromatic N) is 6. The van der Waals surface area contributed by atoms with E-state index in [4.69, 9.17) is 9.98 Å². The molecule has 0 saturated carbocycles. The van der Waals surface area contributed by atoms with Gasteiger partial charge in [0.25, 0.3) is 0 Å². The number of aromatic nitrogens is 1. The van der Waals surface area contributed by atoms with Gasteiger partial charge in [-0.05, 0) is 118 Å². The van der Waals surface area contributed by atoms with E-state index in [9.17, 15) is 10.5 Å². The maximum absolute atomic E-state index is 10.8. The molecule has 0 amide bonds. The predicted octanol–water partition coefficient (Wildman–Crippen LogP) is 13.9. The molecule has 9 aromatic rings. The highest BCUT2D eigenvalue weighted by atomic mass is 15.3. The molecule has 1 aliphatic rings. The van der Waals surface area contributed by atoms with Crippen LogP contribution in [-0.4, -0.2) is 16.9 Å². The number of nitriles is 2. The molecular formula is C54H40N6. The summed E-state index contributed by atoms with van der Waals surface area (Å²) in [5.41, 5.74) is 8.07. The predicted molar refractivity (Wildman–Crippen MR) is 247 cm³/mol. The van der Waals surface area contributed by atoms with E-state index in [0.717, 1.165) is 90.2 Å². The maximum atomic E-state index is 10.8. The van der Waals surface area contributed by atoms with Crippen molar-refractivity contribution in [3.63, 3.8) is 0 Å². The third kappa shape index (κ3) is 6.18. The highest BCUT2D eigenvalue weighted by Crippen LogP contribution is 2.49. The van der Waals surface area contributed by atoms with Crippen molar-refractivity contribution < 1.29 is 0 Å². The maximum Gasteiger partial charge on any atom is 0.137 e. The fraction of sp³-hybridized carbons (Fsp3) is 0.111. The lowest BCUT2D eigenvalue weighted by atomic mass is 9.89. The summed E-state index contributed by atoms with van der Waals surface area (Å²) in [7, 11) is 0. The topological polar surface area (TPSA) is 79.3 Å². The fourth-order valence-electron chi connectivity index (χ4n) is 9.03. The summed E-state index contributed by atoms with van der Waals surface area (Å²) in [5.74, 6) is 1.08. The van der Waals surface area contributed by atoms with Crippen molar-refractivity contribution in [2.45, 2.75) is 32.4 Å². The number of pyridine rings is 1. The van der Waals surface area contributed by atoms with Crippen LogP contribution in [0.25, 0.3) is 54.6 Å². The second-order valence-electron chi connectivity index (χ2n) is 15.9. The molecule has 0 spiro atoms. The summed E-state index contributed by atoms with van der Waals surface area (Å²) < 4.78 is 0. The molecule has 2 heterocycles. The molecule has 6 nitrogen and oxygen atoms in total. The fourth-order valence-corrected chi connectivity index (χ4v) is 9.03. The van der Waals surface area contributed by atoms with E-state index < -0.39 is 5.66 Å². The smallest absolute Gasteiger partial charge is 0.137 e. The lowest BCUT2D eigenvalue weighted by Crippen LogP contribution is -2.44. The number of rotatable bonds is 8. The Morgan fingerprint density at radius 2 is 1.10 bits per heavy atom. The van der Waals surface area contributed by atoms with Crippen LogP contribution in [0.1, 0.15) is 37.8 Å². The molecule has 0 fully saturated rings. The third-order valence-electron chi connectivity index (χ3n) is 12.1. The van der Waals surface area contributed by atoms with Gasteiger partial charge < -0.3 is 4.90 Å². The number of aliphatic imine (C=N–C) groups is 1. The first kappa shape index (κ1) is 36.5. The molecule has 6 heteroatoms. The normalized spacial score (nSPS) is 16.2. The largest absolute Gasteiger partial charge is 0.315 e. The summed E-state index contributed by atoms with van der Waals surface area (Å²) in [5, 5.41) is 28.0. The van der Waals surface area contributed by atoms with Gasteiger partial charge in [0.1, 0.15) is 23.6 Å². The van der Waals surface area contributed by atoms with Crippen LogP contribution in [-0.2, 0) is 0 Å². The Morgan fingerprint density at radius 3 is 1.67 bits per heavy atom. The van der Waals surface area contributed by atoms with Crippen molar-refractivity contribution in [2.24, 2.45) is 10.9 Å². The second-order valence-corrected chi connectivity index (χ2v) is 15.9. The number of hydrogen-bond donors (Lipinski definition) is 0. The number of hydrogen-bond acceptors (Lipinski definition) is 6. The first-order valence-electron chi connectivity index (χ1n) is 20.4. The SMILES string of the molecule is CC1C=NC(C)(N(c2ccc(-c3ccccc3)cc2C#N)c2ccc3ccc4c(N(c5ccccn5)c5ccc(-c6ccccc6)cc5C#N)ccc5ccc2c3c54)CC1. The molecule has 1 aliphatic heterocycles. The van der Waals surface area contributed by atoms with Crippen molar-refractivity contribution >= 4 is 67.1 Å². The molecule has 0 aliphatic carbocycles. The molecule has 0 saturated heterocycles. The molecule has 0 bridgehead atoms. The summed E-state index contributed by atoms with van der Waals surface area (Å²) in [4.78, 5) is 14.5. The minimum absolute atomic E-state index is 0.369. The van der Waals surface area contributed by atoms with Gasteiger partial charge in [0, 0.05) is 23.2 Å². The highest BCUT2D eigenvalue weighted by molar-refractivity contribution is 6.28. The zero-order valence-electron chi connectivity index (χ0n) is 33.4. The van der Waals surface area contributed by atoms with E-state index in [-0.39, 0.29) is 0 Å². The van der Waals surface area contributed by atoms with Gasteiger partial charge >= 0.3 is 0 Å². The molecule has 0 radical (unpaired) electrons. The molecule has 1 aromatic heterocycles. The summed E-state index contributed by atoms with van der Waals surface area (Å²) in [6, 6.07) is 61.1. The van der Waals surface area contributed by atoms with Crippen LogP contribution in [0.5, 0.6) is 0 Å². The van der Waals surface area contributed by atoms with Gasteiger partial charge in [-0.2, -0.15) is 10.5 Å². The molecule has 0 N–H and O–H groups in total. The van der Waals surface area contributed by atoms with Crippen molar-refractivity contribution in [3.05, 3.63) is 181 Å². The quantitative estimate of drug-likeness (QED) is 0.144. The van der Waals surface area contributed by atoms with E-state index in [1.807, 2.05) is 72.8 Å².